The molecule has 6 nitrogen and oxygen atoms in total. The normalized spacial score (nSPS) is 27.1. The molecule has 35 heavy (non-hydrogen) atoms. The van der Waals surface area contributed by atoms with Gasteiger partial charge in [-0.05, 0) is 57.5 Å². The quantitative estimate of drug-likeness (QED) is 0.536. The summed E-state index contributed by atoms with van der Waals surface area (Å²) in [6, 6.07) is 25.1. The third kappa shape index (κ3) is 2.59. The number of hydrazone groups is 2. The molecule has 3 aromatic rings. The van der Waals surface area contributed by atoms with E-state index in [0.29, 0.717) is 22.8 Å². The molecule has 174 valence electrons. The molecule has 2 aliphatic heterocycles. The second kappa shape index (κ2) is 7.22. The zero-order chi connectivity index (χ0) is 24.5. The third-order valence-corrected chi connectivity index (χ3v) is 7.68. The predicted molar refractivity (Wildman–Crippen MR) is 138 cm³/mol. The van der Waals surface area contributed by atoms with Crippen molar-refractivity contribution in [2.45, 2.75) is 33.6 Å². The van der Waals surface area contributed by atoms with Crippen molar-refractivity contribution in [3.8, 4) is 0 Å². The maximum atomic E-state index is 14.3. The van der Waals surface area contributed by atoms with Crippen LogP contribution in [0.3, 0.4) is 0 Å². The molecule has 0 saturated heterocycles. The Bertz CT molecular complexity index is 1340. The highest BCUT2D eigenvalue weighted by Crippen LogP contribution is 2.79. The van der Waals surface area contributed by atoms with E-state index in [2.05, 4.69) is 18.2 Å². The summed E-state index contributed by atoms with van der Waals surface area (Å²) in [4.78, 5) is 28.7. The molecule has 6 rings (SSSR count). The minimum Gasteiger partial charge on any atom is -0.271 e. The van der Waals surface area contributed by atoms with Crippen molar-refractivity contribution in [3.63, 3.8) is 0 Å². The van der Waals surface area contributed by atoms with Gasteiger partial charge in [0.05, 0.1) is 22.8 Å². The lowest BCUT2D eigenvalue weighted by molar-refractivity contribution is -0.126. The van der Waals surface area contributed by atoms with Gasteiger partial charge >= 0.3 is 0 Å². The number of anilines is 2. The second-order valence-electron chi connectivity index (χ2n) is 9.75. The molecule has 2 atom stereocenters. The minimum absolute atomic E-state index is 0.178. The van der Waals surface area contributed by atoms with Crippen molar-refractivity contribution >= 4 is 34.6 Å². The molecule has 0 N–H and O–H groups in total. The van der Waals surface area contributed by atoms with Crippen molar-refractivity contribution < 1.29 is 9.59 Å². The van der Waals surface area contributed by atoms with Crippen LogP contribution < -0.4 is 10.0 Å². The molecule has 0 radical (unpaired) electrons. The zero-order valence-corrected chi connectivity index (χ0v) is 20.2. The molecule has 2 amide bonds. The number of para-hydroxylation sites is 2. The van der Waals surface area contributed by atoms with Crippen LogP contribution >= 0.6 is 0 Å². The van der Waals surface area contributed by atoms with E-state index in [9.17, 15) is 9.59 Å². The Morgan fingerprint density at radius 1 is 0.629 bits per heavy atom. The summed E-state index contributed by atoms with van der Waals surface area (Å²) in [6.07, 6.45) is 0. The molecule has 1 fully saturated rings. The number of carbonyl (C=O) groups excluding carboxylic acids is 2. The van der Waals surface area contributed by atoms with Crippen LogP contribution in [-0.4, -0.2) is 23.2 Å². The first-order valence-corrected chi connectivity index (χ1v) is 11.8. The highest BCUT2D eigenvalue weighted by Gasteiger charge is 2.91. The largest absolute Gasteiger partial charge is 0.271 e. The molecular formula is C29H26N4O2. The Labute approximate surface area is 204 Å². The summed E-state index contributed by atoms with van der Waals surface area (Å²) in [7, 11) is 0. The Morgan fingerprint density at radius 2 is 1.03 bits per heavy atom. The lowest BCUT2D eigenvalue weighted by atomic mass is 9.85. The number of benzene rings is 3. The number of fused-ring (bicyclic) bond motifs is 1. The predicted octanol–water partition coefficient (Wildman–Crippen LogP) is 5.22. The van der Waals surface area contributed by atoms with E-state index in [1.54, 1.807) is 0 Å². The Morgan fingerprint density at radius 3 is 1.43 bits per heavy atom. The van der Waals surface area contributed by atoms with E-state index in [0.717, 1.165) is 16.7 Å². The first kappa shape index (κ1) is 21.5. The van der Waals surface area contributed by atoms with Crippen molar-refractivity contribution in [2.75, 3.05) is 10.0 Å². The fourth-order valence-corrected chi connectivity index (χ4v) is 6.40. The highest BCUT2D eigenvalue weighted by atomic mass is 16.2. The fourth-order valence-electron chi connectivity index (χ4n) is 6.40. The van der Waals surface area contributed by atoms with Crippen LogP contribution in [0.15, 0.2) is 89.1 Å². The maximum Gasteiger partial charge on any atom is 0.261 e. The smallest absolute Gasteiger partial charge is 0.261 e. The molecule has 3 aliphatic rings. The third-order valence-electron chi connectivity index (χ3n) is 7.68. The van der Waals surface area contributed by atoms with Crippen LogP contribution in [-0.2, 0) is 9.59 Å². The summed E-state index contributed by atoms with van der Waals surface area (Å²) in [5, 5.41) is 12.4. The Kier molecular flexibility index (Phi) is 4.43. The average molecular weight is 463 g/mol. The summed E-state index contributed by atoms with van der Waals surface area (Å²) >= 11 is 0. The Hall–Kier alpha value is -4.06. The molecule has 0 bridgehead atoms. The molecule has 3 aromatic carbocycles. The van der Waals surface area contributed by atoms with Gasteiger partial charge in [-0.3, -0.25) is 9.59 Å². The average Bonchev–Trinajstić information content (AvgIpc) is 3.33. The molecule has 0 aromatic heterocycles. The summed E-state index contributed by atoms with van der Waals surface area (Å²) in [5.41, 5.74) is 3.60. The molecular weight excluding hydrogens is 436 g/mol. The molecule has 2 heterocycles. The van der Waals surface area contributed by atoms with E-state index in [4.69, 9.17) is 10.2 Å². The first-order chi connectivity index (χ1) is 16.8. The van der Waals surface area contributed by atoms with Gasteiger partial charge in [-0.25, -0.2) is 0 Å². The highest BCUT2D eigenvalue weighted by molar-refractivity contribution is 6.37. The van der Waals surface area contributed by atoms with Crippen LogP contribution in [0.25, 0.3) is 0 Å². The maximum absolute atomic E-state index is 14.3. The molecule has 0 unspecified atom stereocenters. The van der Waals surface area contributed by atoms with Gasteiger partial charge < -0.3 is 0 Å². The van der Waals surface area contributed by atoms with E-state index >= 15 is 0 Å². The van der Waals surface area contributed by atoms with Crippen molar-refractivity contribution in [1.82, 2.24) is 0 Å². The summed E-state index contributed by atoms with van der Waals surface area (Å²) < 4.78 is 0. The van der Waals surface area contributed by atoms with Crippen LogP contribution in [0.5, 0.6) is 0 Å². The number of carbonyl (C=O) groups is 2. The van der Waals surface area contributed by atoms with E-state index in [1.165, 1.54) is 10.0 Å². The number of hydrogen-bond donors (Lipinski definition) is 0. The van der Waals surface area contributed by atoms with Crippen LogP contribution in [0.2, 0.25) is 0 Å². The van der Waals surface area contributed by atoms with Crippen molar-refractivity contribution in [1.29, 1.82) is 0 Å². The summed E-state index contributed by atoms with van der Waals surface area (Å²) in [5.74, 6) is -0.741. The van der Waals surface area contributed by atoms with Gasteiger partial charge in [-0.15, -0.1) is 0 Å². The molecule has 6 heteroatoms. The standard InChI is InChI=1S/C29H26N4O2/c1-18-15-19(2)17-22(16-18)25-28(20(3)30-32(26(28)34)23-11-7-5-8-12-23)29(25)21(4)31-33(27(29)35)24-13-9-6-10-14-24/h5-17,25H,1-4H3/t28-,29-/m1/s1. The van der Waals surface area contributed by atoms with Gasteiger partial charge in [0.1, 0.15) is 10.8 Å². The van der Waals surface area contributed by atoms with E-state index in [-0.39, 0.29) is 17.7 Å². The van der Waals surface area contributed by atoms with Gasteiger partial charge in [0.2, 0.25) is 0 Å². The van der Waals surface area contributed by atoms with E-state index < -0.39 is 10.8 Å². The topological polar surface area (TPSA) is 65.3 Å². The lowest BCUT2D eigenvalue weighted by Gasteiger charge is -2.18. The lowest BCUT2D eigenvalue weighted by Crippen LogP contribution is -2.40. The molecule has 1 saturated carbocycles. The Balaban J connectivity index is 1.56. The number of rotatable bonds is 3. The zero-order valence-electron chi connectivity index (χ0n) is 20.2. The second-order valence-corrected chi connectivity index (χ2v) is 9.75. The van der Waals surface area contributed by atoms with Gasteiger partial charge in [0, 0.05) is 5.92 Å². The van der Waals surface area contributed by atoms with Crippen LogP contribution in [0.4, 0.5) is 11.4 Å². The molecule has 1 aliphatic carbocycles. The first-order valence-electron chi connectivity index (χ1n) is 11.8. The monoisotopic (exact) mass is 462 g/mol. The number of aryl methyl sites for hydroxylation is 2. The number of hydrogen-bond acceptors (Lipinski definition) is 4. The van der Waals surface area contributed by atoms with Gasteiger partial charge in [-0.1, -0.05) is 65.7 Å². The summed E-state index contributed by atoms with van der Waals surface area (Å²) in [6.45, 7) is 7.83. The fraction of sp³-hybridized carbons (Fsp3) is 0.241. The number of amides is 2. The van der Waals surface area contributed by atoms with Gasteiger partial charge in [0.15, 0.2) is 0 Å². The van der Waals surface area contributed by atoms with Crippen LogP contribution in [0.1, 0.15) is 36.5 Å². The van der Waals surface area contributed by atoms with Crippen molar-refractivity contribution in [3.05, 3.63) is 95.6 Å². The molecule has 2 spiro atoms. The minimum atomic E-state index is -1.11. The number of nitrogens with zero attached hydrogens (tertiary/aromatic N) is 4. The SMILES string of the molecule is CC1=NN(c2ccccc2)C(=O)[C@]12C(c1cc(C)cc(C)c1)[C@]21C(=O)N(c2ccccc2)N=C1C. The van der Waals surface area contributed by atoms with Gasteiger partial charge in [0.25, 0.3) is 11.8 Å². The van der Waals surface area contributed by atoms with E-state index in [1.807, 2.05) is 88.4 Å². The van der Waals surface area contributed by atoms with Crippen LogP contribution in [0, 0.1) is 24.7 Å². The van der Waals surface area contributed by atoms with Gasteiger partial charge in [-0.2, -0.15) is 20.2 Å². The van der Waals surface area contributed by atoms with Crippen molar-refractivity contribution in [2.24, 2.45) is 21.0 Å².